The van der Waals surface area contributed by atoms with Gasteiger partial charge in [0.15, 0.2) is 0 Å². The van der Waals surface area contributed by atoms with Gasteiger partial charge >= 0.3 is 6.18 Å². The van der Waals surface area contributed by atoms with Crippen LogP contribution in [0.1, 0.15) is 19.3 Å². The SMILES string of the molecule is FC(F)(F)CN1CCC(OC2CCNC2)CC1. The van der Waals surface area contributed by atoms with E-state index in [-0.39, 0.29) is 12.2 Å². The normalized spacial score (nSPS) is 28.8. The third-order valence-electron chi connectivity index (χ3n) is 3.34. The highest BCUT2D eigenvalue weighted by Gasteiger charge is 2.33. The van der Waals surface area contributed by atoms with Crippen LogP contribution in [0.2, 0.25) is 0 Å². The molecule has 1 N–H and O–H groups in total. The van der Waals surface area contributed by atoms with Crippen LogP contribution in [0.4, 0.5) is 13.2 Å². The number of nitrogens with one attached hydrogen (secondary N) is 1. The van der Waals surface area contributed by atoms with Crippen molar-refractivity contribution in [2.24, 2.45) is 0 Å². The van der Waals surface area contributed by atoms with Gasteiger partial charge in [-0.15, -0.1) is 0 Å². The molecule has 0 aromatic carbocycles. The average Bonchev–Trinajstić information content (AvgIpc) is 2.71. The molecule has 3 nitrogen and oxygen atoms in total. The standard InChI is InChI=1S/C11H19F3N2O/c12-11(13,14)8-16-5-2-9(3-6-16)17-10-1-4-15-7-10/h9-10,15H,1-8H2. The molecule has 0 radical (unpaired) electrons. The Morgan fingerprint density at radius 2 is 1.82 bits per heavy atom. The number of halogens is 3. The minimum Gasteiger partial charge on any atom is -0.374 e. The van der Waals surface area contributed by atoms with E-state index in [1.165, 1.54) is 4.90 Å². The van der Waals surface area contributed by atoms with E-state index < -0.39 is 12.7 Å². The summed E-state index contributed by atoms with van der Waals surface area (Å²) in [6.07, 6.45) is -1.23. The Kier molecular flexibility index (Phi) is 4.27. The van der Waals surface area contributed by atoms with Crippen LogP contribution in [0.25, 0.3) is 0 Å². The van der Waals surface area contributed by atoms with Gasteiger partial charge in [-0.3, -0.25) is 4.90 Å². The third kappa shape index (κ3) is 4.44. The molecule has 2 heterocycles. The summed E-state index contributed by atoms with van der Waals surface area (Å²) in [6, 6.07) is 0. The molecule has 2 fully saturated rings. The highest BCUT2D eigenvalue weighted by molar-refractivity contribution is 4.78. The van der Waals surface area contributed by atoms with Gasteiger partial charge in [0.25, 0.3) is 0 Å². The molecule has 0 spiro atoms. The van der Waals surface area contributed by atoms with E-state index in [9.17, 15) is 13.2 Å². The summed E-state index contributed by atoms with van der Waals surface area (Å²) < 4.78 is 42.4. The summed E-state index contributed by atoms with van der Waals surface area (Å²) in [5.41, 5.74) is 0. The van der Waals surface area contributed by atoms with Crippen molar-refractivity contribution in [1.29, 1.82) is 0 Å². The van der Waals surface area contributed by atoms with Crippen LogP contribution >= 0.6 is 0 Å². The predicted octanol–water partition coefficient (Wildman–Crippen LogP) is 1.39. The molecule has 0 bridgehead atoms. The second-order valence-electron chi connectivity index (χ2n) is 4.84. The maximum atomic E-state index is 12.2. The van der Waals surface area contributed by atoms with Gasteiger partial charge in [0.05, 0.1) is 18.8 Å². The van der Waals surface area contributed by atoms with Gasteiger partial charge in [0, 0.05) is 19.6 Å². The maximum absolute atomic E-state index is 12.2. The minimum absolute atomic E-state index is 0.143. The molecule has 2 rings (SSSR count). The molecule has 1 atom stereocenters. The van der Waals surface area contributed by atoms with Crippen molar-refractivity contribution in [3.05, 3.63) is 0 Å². The van der Waals surface area contributed by atoms with Crippen molar-refractivity contribution in [2.75, 3.05) is 32.7 Å². The molecule has 17 heavy (non-hydrogen) atoms. The third-order valence-corrected chi connectivity index (χ3v) is 3.34. The van der Waals surface area contributed by atoms with Crippen molar-refractivity contribution >= 4 is 0 Å². The zero-order valence-corrected chi connectivity index (χ0v) is 9.80. The number of piperidine rings is 1. The first-order valence-electron chi connectivity index (χ1n) is 6.18. The molecular weight excluding hydrogens is 233 g/mol. The number of hydrogen-bond donors (Lipinski definition) is 1. The zero-order valence-electron chi connectivity index (χ0n) is 9.80. The Morgan fingerprint density at radius 1 is 1.12 bits per heavy atom. The average molecular weight is 252 g/mol. The van der Waals surface area contributed by atoms with Crippen LogP contribution in [-0.4, -0.2) is 56.0 Å². The number of alkyl halides is 3. The molecule has 2 aliphatic heterocycles. The molecule has 1 unspecified atom stereocenters. The number of hydrogen-bond acceptors (Lipinski definition) is 3. The van der Waals surface area contributed by atoms with Crippen LogP contribution < -0.4 is 5.32 Å². The Labute approximate surface area is 99.3 Å². The Morgan fingerprint density at radius 3 is 2.35 bits per heavy atom. The number of ether oxygens (including phenoxy) is 1. The largest absolute Gasteiger partial charge is 0.401 e. The molecule has 2 saturated heterocycles. The molecule has 0 saturated carbocycles. The maximum Gasteiger partial charge on any atom is 0.401 e. The Bertz CT molecular complexity index is 233. The summed E-state index contributed by atoms with van der Waals surface area (Å²) >= 11 is 0. The zero-order chi connectivity index (χ0) is 12.3. The first-order valence-corrected chi connectivity index (χ1v) is 6.18. The van der Waals surface area contributed by atoms with Gasteiger partial charge in [0.2, 0.25) is 0 Å². The fraction of sp³-hybridized carbons (Fsp3) is 1.00. The number of likely N-dealkylation sites (tertiary alicyclic amines) is 1. The molecule has 100 valence electrons. The van der Waals surface area contributed by atoms with Crippen LogP contribution in [0, 0.1) is 0 Å². The second kappa shape index (κ2) is 5.54. The molecule has 0 aromatic rings. The predicted molar refractivity (Wildman–Crippen MR) is 57.9 cm³/mol. The van der Waals surface area contributed by atoms with Gasteiger partial charge in [-0.2, -0.15) is 13.2 Å². The molecule has 0 amide bonds. The van der Waals surface area contributed by atoms with Crippen molar-refractivity contribution in [1.82, 2.24) is 10.2 Å². The van der Waals surface area contributed by atoms with E-state index in [0.717, 1.165) is 19.5 Å². The van der Waals surface area contributed by atoms with E-state index in [0.29, 0.717) is 25.9 Å². The van der Waals surface area contributed by atoms with Crippen molar-refractivity contribution in [3.8, 4) is 0 Å². The molecule has 0 aliphatic carbocycles. The lowest BCUT2D eigenvalue weighted by Crippen LogP contribution is -2.43. The summed E-state index contributed by atoms with van der Waals surface area (Å²) in [5, 5.41) is 3.22. The summed E-state index contributed by atoms with van der Waals surface area (Å²) in [6.45, 7) is 2.06. The number of rotatable bonds is 3. The van der Waals surface area contributed by atoms with Crippen LogP contribution in [0.15, 0.2) is 0 Å². The van der Waals surface area contributed by atoms with E-state index in [2.05, 4.69) is 5.32 Å². The molecular formula is C11H19F3N2O. The Hall–Kier alpha value is -0.330. The van der Waals surface area contributed by atoms with E-state index >= 15 is 0 Å². The summed E-state index contributed by atoms with van der Waals surface area (Å²) in [5.74, 6) is 0. The van der Waals surface area contributed by atoms with E-state index in [4.69, 9.17) is 4.74 Å². The summed E-state index contributed by atoms with van der Waals surface area (Å²) in [4.78, 5) is 1.47. The fourth-order valence-electron chi connectivity index (χ4n) is 2.47. The van der Waals surface area contributed by atoms with Gasteiger partial charge in [-0.05, 0) is 25.8 Å². The minimum atomic E-state index is -4.08. The highest BCUT2D eigenvalue weighted by atomic mass is 19.4. The lowest BCUT2D eigenvalue weighted by atomic mass is 10.1. The molecule has 0 aromatic heterocycles. The monoisotopic (exact) mass is 252 g/mol. The lowest BCUT2D eigenvalue weighted by Gasteiger charge is -2.33. The van der Waals surface area contributed by atoms with Crippen molar-refractivity contribution in [3.63, 3.8) is 0 Å². The fourth-order valence-corrected chi connectivity index (χ4v) is 2.47. The molecule has 2 aliphatic rings. The smallest absolute Gasteiger partial charge is 0.374 e. The van der Waals surface area contributed by atoms with Crippen LogP contribution in [0.5, 0.6) is 0 Å². The second-order valence-corrected chi connectivity index (χ2v) is 4.84. The summed E-state index contributed by atoms with van der Waals surface area (Å²) in [7, 11) is 0. The topological polar surface area (TPSA) is 24.5 Å². The quantitative estimate of drug-likeness (QED) is 0.821. The number of nitrogens with zero attached hydrogens (tertiary/aromatic N) is 1. The first kappa shape index (κ1) is 13.1. The molecule has 6 heteroatoms. The van der Waals surface area contributed by atoms with Crippen molar-refractivity contribution < 1.29 is 17.9 Å². The van der Waals surface area contributed by atoms with Gasteiger partial charge in [-0.1, -0.05) is 0 Å². The highest BCUT2D eigenvalue weighted by Crippen LogP contribution is 2.22. The van der Waals surface area contributed by atoms with Crippen molar-refractivity contribution in [2.45, 2.75) is 37.6 Å². The first-order chi connectivity index (χ1) is 8.03. The Balaban J connectivity index is 1.67. The van der Waals surface area contributed by atoms with Crippen LogP contribution in [-0.2, 0) is 4.74 Å². The lowest BCUT2D eigenvalue weighted by molar-refractivity contribution is -0.152. The van der Waals surface area contributed by atoms with Gasteiger partial charge in [0.1, 0.15) is 0 Å². The van der Waals surface area contributed by atoms with Gasteiger partial charge in [-0.25, -0.2) is 0 Å². The van der Waals surface area contributed by atoms with E-state index in [1.807, 2.05) is 0 Å². The van der Waals surface area contributed by atoms with E-state index in [1.54, 1.807) is 0 Å². The van der Waals surface area contributed by atoms with Crippen LogP contribution in [0.3, 0.4) is 0 Å². The van der Waals surface area contributed by atoms with Gasteiger partial charge < -0.3 is 10.1 Å².